The lowest BCUT2D eigenvalue weighted by atomic mass is 9.97. The molecule has 1 saturated heterocycles. The Morgan fingerprint density at radius 2 is 1.91 bits per heavy atom. The summed E-state index contributed by atoms with van der Waals surface area (Å²) in [5, 5.41) is 15.2. The average molecular weight is 482 g/mol. The van der Waals surface area contributed by atoms with E-state index in [2.05, 4.69) is 15.4 Å². The Labute approximate surface area is 192 Å². The maximum Gasteiger partial charge on any atom is 0.319 e. The Morgan fingerprint density at radius 3 is 2.58 bits per heavy atom. The number of carbonyl (C=O) groups excluding carboxylic acids is 1. The molecule has 3 atom stereocenters. The fourth-order valence-electron chi connectivity index (χ4n) is 3.61. The van der Waals surface area contributed by atoms with Gasteiger partial charge in [-0.25, -0.2) is 22.3 Å². The molecule has 1 aliphatic rings. The van der Waals surface area contributed by atoms with Gasteiger partial charge < -0.3 is 25.2 Å². The van der Waals surface area contributed by atoms with Crippen LogP contribution in [-0.2, 0) is 14.8 Å². The number of ether oxygens (including phenoxy) is 2. The van der Waals surface area contributed by atoms with Gasteiger partial charge in [-0.2, -0.15) is 0 Å². The van der Waals surface area contributed by atoms with Crippen molar-refractivity contribution >= 4 is 21.7 Å². The number of benzene rings is 2. The molecule has 0 saturated carbocycles. The van der Waals surface area contributed by atoms with E-state index in [1.165, 1.54) is 18.2 Å². The molecule has 0 radical (unpaired) electrons. The lowest BCUT2D eigenvalue weighted by molar-refractivity contribution is -0.0884. The van der Waals surface area contributed by atoms with Crippen molar-refractivity contribution in [2.24, 2.45) is 0 Å². The molecule has 1 fully saturated rings. The third-order valence-corrected chi connectivity index (χ3v) is 6.84. The number of sulfonamides is 1. The number of hydrogen-bond acceptors (Lipinski definition) is 6. The zero-order valence-corrected chi connectivity index (χ0v) is 19.0. The number of methoxy groups -OCH3 is 1. The number of nitrogens with one attached hydrogen (secondary N) is 3. The van der Waals surface area contributed by atoms with Gasteiger partial charge in [-0.1, -0.05) is 12.1 Å². The molecule has 1 heterocycles. The van der Waals surface area contributed by atoms with Crippen molar-refractivity contribution < 1.29 is 32.2 Å². The molecule has 1 aliphatic heterocycles. The van der Waals surface area contributed by atoms with Crippen LogP contribution in [0.5, 0.6) is 5.75 Å². The zero-order valence-electron chi connectivity index (χ0n) is 18.2. The van der Waals surface area contributed by atoms with E-state index in [-0.39, 0.29) is 19.3 Å². The lowest BCUT2D eigenvalue weighted by Gasteiger charge is -2.36. The summed E-state index contributed by atoms with van der Waals surface area (Å²) in [5.74, 6) is -0.148. The number of anilines is 1. The lowest BCUT2D eigenvalue weighted by Crippen LogP contribution is -2.52. The summed E-state index contributed by atoms with van der Waals surface area (Å²) in [7, 11) is -2.42. The Balaban J connectivity index is 1.46. The highest BCUT2D eigenvalue weighted by molar-refractivity contribution is 7.89. The van der Waals surface area contributed by atoms with Crippen LogP contribution >= 0.6 is 0 Å². The van der Waals surface area contributed by atoms with Gasteiger partial charge in [0.2, 0.25) is 10.0 Å². The second-order valence-corrected chi connectivity index (χ2v) is 9.34. The molecule has 2 aromatic carbocycles. The molecular weight excluding hydrogens is 453 g/mol. The van der Waals surface area contributed by atoms with Gasteiger partial charge in [0, 0.05) is 12.2 Å². The van der Waals surface area contributed by atoms with Gasteiger partial charge in [-0.15, -0.1) is 0 Å². The molecular formula is C22H28FN3O6S. The van der Waals surface area contributed by atoms with Gasteiger partial charge in [-0.3, -0.25) is 0 Å². The van der Waals surface area contributed by atoms with Crippen LogP contribution in [0.1, 0.15) is 19.3 Å². The summed E-state index contributed by atoms with van der Waals surface area (Å²) in [6.45, 7) is -0.250. The molecule has 0 aromatic heterocycles. The first-order valence-electron chi connectivity index (χ1n) is 10.5. The van der Waals surface area contributed by atoms with Gasteiger partial charge in [0.05, 0.1) is 25.9 Å². The number of carbonyl (C=O) groups is 1. The van der Waals surface area contributed by atoms with Crippen LogP contribution in [-0.4, -0.2) is 58.1 Å². The quantitative estimate of drug-likeness (QED) is 0.435. The molecule has 180 valence electrons. The van der Waals surface area contributed by atoms with E-state index in [0.29, 0.717) is 30.7 Å². The highest BCUT2D eigenvalue weighted by Gasteiger charge is 2.32. The monoisotopic (exact) mass is 481 g/mol. The summed E-state index contributed by atoms with van der Waals surface area (Å²) in [6, 6.07) is 11.2. The molecule has 0 spiro atoms. The summed E-state index contributed by atoms with van der Waals surface area (Å²) >= 11 is 0. The summed E-state index contributed by atoms with van der Waals surface area (Å²) in [4.78, 5) is 11.9. The predicted molar refractivity (Wildman–Crippen MR) is 120 cm³/mol. The van der Waals surface area contributed by atoms with Crippen LogP contribution in [0.4, 0.5) is 14.9 Å². The third kappa shape index (κ3) is 6.87. The Hall–Kier alpha value is -2.73. The van der Waals surface area contributed by atoms with Crippen molar-refractivity contribution in [3.05, 3.63) is 54.3 Å². The van der Waals surface area contributed by atoms with Crippen LogP contribution in [0.3, 0.4) is 0 Å². The van der Waals surface area contributed by atoms with Gasteiger partial charge in [0.25, 0.3) is 0 Å². The Kier molecular flexibility index (Phi) is 8.61. The van der Waals surface area contributed by atoms with Crippen molar-refractivity contribution in [3.8, 4) is 5.75 Å². The molecule has 3 rings (SSSR count). The minimum Gasteiger partial charge on any atom is -0.497 e. The number of halogens is 1. The molecule has 9 nitrogen and oxygen atoms in total. The number of aliphatic hydroxyl groups excluding tert-OH is 1. The minimum atomic E-state index is -3.97. The van der Waals surface area contributed by atoms with E-state index in [9.17, 15) is 22.7 Å². The van der Waals surface area contributed by atoms with Crippen molar-refractivity contribution in [1.29, 1.82) is 0 Å². The average Bonchev–Trinajstić information content (AvgIpc) is 2.80. The van der Waals surface area contributed by atoms with Crippen molar-refractivity contribution in [1.82, 2.24) is 10.0 Å². The summed E-state index contributed by atoms with van der Waals surface area (Å²) < 4.78 is 51.6. The van der Waals surface area contributed by atoms with Gasteiger partial charge >= 0.3 is 6.03 Å². The smallest absolute Gasteiger partial charge is 0.319 e. The molecule has 0 bridgehead atoms. The zero-order chi connectivity index (χ0) is 23.8. The molecule has 33 heavy (non-hydrogen) atoms. The molecule has 4 N–H and O–H groups in total. The number of amides is 2. The molecule has 2 amide bonds. The first-order chi connectivity index (χ1) is 15.8. The van der Waals surface area contributed by atoms with Crippen LogP contribution in [0, 0.1) is 5.82 Å². The highest BCUT2D eigenvalue weighted by atomic mass is 32.2. The first-order valence-corrected chi connectivity index (χ1v) is 12.0. The van der Waals surface area contributed by atoms with E-state index in [4.69, 9.17) is 9.47 Å². The second kappa shape index (κ2) is 11.4. The molecule has 0 aliphatic carbocycles. The van der Waals surface area contributed by atoms with E-state index in [1.54, 1.807) is 31.4 Å². The van der Waals surface area contributed by atoms with Gasteiger partial charge in [-0.05, 0) is 55.7 Å². The van der Waals surface area contributed by atoms with Crippen molar-refractivity contribution in [2.75, 3.05) is 25.6 Å². The number of rotatable bonds is 9. The summed E-state index contributed by atoms with van der Waals surface area (Å²) in [6.07, 6.45) is 0.508. The fourth-order valence-corrected chi connectivity index (χ4v) is 4.74. The number of urea groups is 1. The van der Waals surface area contributed by atoms with Crippen LogP contribution in [0.25, 0.3) is 0 Å². The highest BCUT2D eigenvalue weighted by Crippen LogP contribution is 2.22. The van der Waals surface area contributed by atoms with Gasteiger partial charge in [0.1, 0.15) is 22.6 Å². The van der Waals surface area contributed by atoms with E-state index in [1.807, 2.05) is 0 Å². The fraction of sp³-hybridized carbons (Fsp3) is 0.409. The van der Waals surface area contributed by atoms with Gasteiger partial charge in [0.15, 0.2) is 0 Å². The standard InChI is InChI=1S/C22H28FN3O6S/c1-31-16-8-6-15(7-9-16)25-22(28)26-19-11-10-17(32-20(19)14-27)12-13-24-33(29,30)21-5-3-2-4-18(21)23/h2-9,17,19-20,24,27H,10-14H2,1H3,(H2,25,26,28)/t17-,19+,20-/m0/s1. The molecule has 0 unspecified atom stereocenters. The minimum absolute atomic E-state index is 0.0511. The van der Waals surface area contributed by atoms with Crippen molar-refractivity contribution in [2.45, 2.75) is 42.4 Å². The Bertz CT molecular complexity index is 1030. The largest absolute Gasteiger partial charge is 0.497 e. The van der Waals surface area contributed by atoms with Crippen LogP contribution in [0.15, 0.2) is 53.4 Å². The number of hydrogen-bond donors (Lipinski definition) is 4. The van der Waals surface area contributed by atoms with E-state index < -0.39 is 38.9 Å². The second-order valence-electron chi connectivity index (χ2n) is 7.61. The molecule has 2 aromatic rings. The summed E-state index contributed by atoms with van der Waals surface area (Å²) in [5.41, 5.74) is 0.589. The van der Waals surface area contributed by atoms with E-state index >= 15 is 0 Å². The maximum atomic E-state index is 13.8. The first kappa shape index (κ1) is 24.9. The van der Waals surface area contributed by atoms with E-state index in [0.717, 1.165) is 6.07 Å². The van der Waals surface area contributed by atoms with Crippen LogP contribution < -0.4 is 20.1 Å². The number of aliphatic hydroxyl groups is 1. The van der Waals surface area contributed by atoms with Crippen LogP contribution in [0.2, 0.25) is 0 Å². The normalized spacial score (nSPS) is 20.8. The maximum absolute atomic E-state index is 13.8. The Morgan fingerprint density at radius 1 is 1.18 bits per heavy atom. The predicted octanol–water partition coefficient (Wildman–Crippen LogP) is 2.23. The van der Waals surface area contributed by atoms with Crippen molar-refractivity contribution in [3.63, 3.8) is 0 Å². The third-order valence-electron chi connectivity index (χ3n) is 5.34. The SMILES string of the molecule is COc1ccc(NC(=O)N[C@@H]2CC[C@@H](CCNS(=O)(=O)c3ccccc3F)O[C@H]2CO)cc1. The molecule has 11 heteroatoms. The topological polar surface area (TPSA) is 126 Å².